The molecule has 1 aliphatic heterocycles. The van der Waals surface area contributed by atoms with Gasteiger partial charge in [-0.2, -0.15) is 4.31 Å². The monoisotopic (exact) mass is 317 g/mol. The van der Waals surface area contributed by atoms with Crippen molar-refractivity contribution in [2.75, 3.05) is 13.1 Å². The van der Waals surface area contributed by atoms with Crippen LogP contribution in [0.3, 0.4) is 0 Å². The Kier molecular flexibility index (Phi) is 4.11. The Hall–Kier alpha value is -0.520. The molecule has 112 valence electrons. The van der Waals surface area contributed by atoms with E-state index in [1.54, 1.807) is 10.4 Å². The quantitative estimate of drug-likeness (QED) is 0.804. The fourth-order valence-electron chi connectivity index (χ4n) is 3.48. The minimum atomic E-state index is -3.49. The summed E-state index contributed by atoms with van der Waals surface area (Å²) in [7, 11) is -3.49. The molecule has 2 heterocycles. The molecule has 2 unspecified atom stereocenters. The van der Waals surface area contributed by atoms with Gasteiger partial charge >= 0.3 is 0 Å². The maximum absolute atomic E-state index is 12.6. The topological polar surface area (TPSA) is 50.5 Å². The molecule has 0 spiro atoms. The zero-order valence-corrected chi connectivity index (χ0v) is 13.0. The molecule has 1 aromatic rings. The SMILES string of the molecule is O=S(=O)(c1ccc(CCl)o1)N1CCC2CCCCC2C1. The number of nitrogens with zero attached hydrogens (tertiary/aromatic N) is 1. The van der Waals surface area contributed by atoms with E-state index >= 15 is 0 Å². The Balaban J connectivity index is 1.77. The first kappa shape index (κ1) is 14.4. The molecule has 3 rings (SSSR count). The van der Waals surface area contributed by atoms with Crippen LogP contribution in [0.25, 0.3) is 0 Å². The summed E-state index contributed by atoms with van der Waals surface area (Å²) in [5, 5.41) is 0.0300. The molecule has 1 aliphatic carbocycles. The number of piperidine rings is 1. The lowest BCUT2D eigenvalue weighted by atomic mass is 9.76. The molecule has 0 amide bonds. The van der Waals surface area contributed by atoms with Gasteiger partial charge in [0.2, 0.25) is 5.09 Å². The van der Waals surface area contributed by atoms with Gasteiger partial charge in [-0.3, -0.25) is 0 Å². The van der Waals surface area contributed by atoms with Crippen LogP contribution in [0, 0.1) is 11.8 Å². The lowest BCUT2D eigenvalue weighted by Gasteiger charge is -2.40. The molecule has 1 saturated carbocycles. The molecule has 1 saturated heterocycles. The molecule has 0 N–H and O–H groups in total. The number of alkyl halides is 1. The highest BCUT2D eigenvalue weighted by Gasteiger charge is 2.37. The van der Waals surface area contributed by atoms with Gasteiger partial charge < -0.3 is 4.42 Å². The molecule has 2 atom stereocenters. The third kappa shape index (κ3) is 2.63. The zero-order chi connectivity index (χ0) is 14.2. The molecule has 4 nitrogen and oxygen atoms in total. The molecule has 2 aliphatic rings. The van der Waals surface area contributed by atoms with Gasteiger partial charge in [0.05, 0.1) is 5.88 Å². The van der Waals surface area contributed by atoms with Crippen LogP contribution in [0.4, 0.5) is 0 Å². The summed E-state index contributed by atoms with van der Waals surface area (Å²) in [6.07, 6.45) is 5.92. The molecule has 0 bridgehead atoms. The van der Waals surface area contributed by atoms with Crippen molar-refractivity contribution in [3.63, 3.8) is 0 Å². The molecular formula is C14H20ClNO3S. The molecule has 0 aromatic carbocycles. The van der Waals surface area contributed by atoms with Crippen LogP contribution in [0.5, 0.6) is 0 Å². The van der Waals surface area contributed by atoms with Gasteiger partial charge in [0.25, 0.3) is 10.0 Å². The van der Waals surface area contributed by atoms with E-state index in [1.807, 2.05) is 0 Å². The van der Waals surface area contributed by atoms with E-state index < -0.39 is 10.0 Å². The number of hydrogen-bond acceptors (Lipinski definition) is 3. The summed E-state index contributed by atoms with van der Waals surface area (Å²) in [6, 6.07) is 3.15. The molecule has 20 heavy (non-hydrogen) atoms. The van der Waals surface area contributed by atoms with E-state index in [4.69, 9.17) is 16.0 Å². The van der Waals surface area contributed by atoms with Gasteiger partial charge in [0, 0.05) is 13.1 Å². The molecule has 6 heteroatoms. The first-order valence-corrected chi connectivity index (χ1v) is 9.23. The second kappa shape index (κ2) is 5.70. The maximum atomic E-state index is 12.6. The second-order valence-electron chi connectivity index (χ2n) is 5.81. The van der Waals surface area contributed by atoms with E-state index in [9.17, 15) is 8.42 Å². The lowest BCUT2D eigenvalue weighted by Crippen LogP contribution is -2.44. The Morgan fingerprint density at radius 3 is 2.65 bits per heavy atom. The van der Waals surface area contributed by atoms with Gasteiger partial charge in [-0.15, -0.1) is 11.6 Å². The van der Waals surface area contributed by atoms with E-state index in [0.717, 1.165) is 12.8 Å². The normalized spacial score (nSPS) is 28.2. The van der Waals surface area contributed by atoms with Crippen molar-refractivity contribution < 1.29 is 12.8 Å². The summed E-state index contributed by atoms with van der Waals surface area (Å²) in [6.45, 7) is 1.25. The number of fused-ring (bicyclic) bond motifs is 1. The summed E-state index contributed by atoms with van der Waals surface area (Å²) in [5.41, 5.74) is 0. The highest BCUT2D eigenvalue weighted by Crippen LogP contribution is 2.37. The van der Waals surface area contributed by atoms with Gasteiger partial charge in [0.15, 0.2) is 0 Å². The van der Waals surface area contributed by atoms with Crippen LogP contribution in [-0.2, 0) is 15.9 Å². The van der Waals surface area contributed by atoms with Crippen molar-refractivity contribution in [1.29, 1.82) is 0 Å². The third-order valence-corrected chi connectivity index (χ3v) is 6.62. The van der Waals surface area contributed by atoms with Crippen LogP contribution in [-0.4, -0.2) is 25.8 Å². The van der Waals surface area contributed by atoms with Crippen LogP contribution in [0.1, 0.15) is 37.9 Å². The van der Waals surface area contributed by atoms with Crippen LogP contribution in [0.15, 0.2) is 21.6 Å². The highest BCUT2D eigenvalue weighted by molar-refractivity contribution is 7.89. The maximum Gasteiger partial charge on any atom is 0.276 e. The minimum absolute atomic E-state index is 0.0300. The van der Waals surface area contributed by atoms with Gasteiger partial charge in [0.1, 0.15) is 5.76 Å². The zero-order valence-electron chi connectivity index (χ0n) is 11.4. The van der Waals surface area contributed by atoms with Crippen molar-refractivity contribution in [2.24, 2.45) is 11.8 Å². The molecule has 0 radical (unpaired) electrons. The summed E-state index contributed by atoms with van der Waals surface area (Å²) >= 11 is 5.67. The Labute approximate surface area is 125 Å². The third-order valence-electron chi connectivity index (χ3n) is 4.62. The Morgan fingerprint density at radius 2 is 1.95 bits per heavy atom. The van der Waals surface area contributed by atoms with Crippen LogP contribution in [0.2, 0.25) is 0 Å². The van der Waals surface area contributed by atoms with E-state index in [-0.39, 0.29) is 11.0 Å². The predicted molar refractivity (Wildman–Crippen MR) is 77.1 cm³/mol. The number of hydrogen-bond donors (Lipinski definition) is 0. The van der Waals surface area contributed by atoms with E-state index in [2.05, 4.69) is 0 Å². The molecule has 1 aromatic heterocycles. The average Bonchev–Trinajstić information content (AvgIpc) is 2.96. The number of furan rings is 1. The Morgan fingerprint density at radius 1 is 1.20 bits per heavy atom. The number of halogens is 1. The predicted octanol–water partition coefficient (Wildman–Crippen LogP) is 3.22. The smallest absolute Gasteiger partial charge is 0.276 e. The van der Waals surface area contributed by atoms with Gasteiger partial charge in [-0.25, -0.2) is 8.42 Å². The fourth-order valence-corrected chi connectivity index (χ4v) is 5.07. The van der Waals surface area contributed by atoms with E-state index in [0.29, 0.717) is 30.7 Å². The molecule has 2 fully saturated rings. The van der Waals surface area contributed by atoms with Crippen molar-refractivity contribution >= 4 is 21.6 Å². The standard InChI is InChI=1S/C14H20ClNO3S/c15-9-13-5-6-14(19-13)20(17,18)16-8-7-11-3-1-2-4-12(11)10-16/h5-6,11-12H,1-4,7-10H2. The van der Waals surface area contributed by atoms with Crippen LogP contribution >= 0.6 is 11.6 Å². The average molecular weight is 318 g/mol. The lowest BCUT2D eigenvalue weighted by molar-refractivity contribution is 0.135. The summed E-state index contributed by atoms with van der Waals surface area (Å²) in [4.78, 5) is 0. The minimum Gasteiger partial charge on any atom is -0.447 e. The Bertz CT molecular complexity index is 569. The molecular weight excluding hydrogens is 298 g/mol. The first-order chi connectivity index (χ1) is 9.61. The highest BCUT2D eigenvalue weighted by atomic mass is 35.5. The van der Waals surface area contributed by atoms with Crippen molar-refractivity contribution in [3.05, 3.63) is 17.9 Å². The van der Waals surface area contributed by atoms with Gasteiger partial charge in [-0.1, -0.05) is 19.3 Å². The number of sulfonamides is 1. The van der Waals surface area contributed by atoms with Gasteiger partial charge in [-0.05, 0) is 36.8 Å². The second-order valence-corrected chi connectivity index (χ2v) is 7.95. The summed E-state index contributed by atoms with van der Waals surface area (Å²) < 4.78 is 32.1. The fraction of sp³-hybridized carbons (Fsp3) is 0.714. The van der Waals surface area contributed by atoms with Crippen molar-refractivity contribution in [3.8, 4) is 0 Å². The number of rotatable bonds is 3. The van der Waals surface area contributed by atoms with E-state index in [1.165, 1.54) is 25.3 Å². The largest absolute Gasteiger partial charge is 0.447 e. The van der Waals surface area contributed by atoms with Crippen molar-refractivity contribution in [1.82, 2.24) is 4.31 Å². The first-order valence-electron chi connectivity index (χ1n) is 7.26. The van der Waals surface area contributed by atoms with Crippen molar-refractivity contribution in [2.45, 2.75) is 43.1 Å². The van der Waals surface area contributed by atoms with Crippen LogP contribution < -0.4 is 0 Å². The summed E-state index contributed by atoms with van der Waals surface area (Å²) in [5.74, 6) is 1.93.